The molecule has 1 aromatic rings. The summed E-state index contributed by atoms with van der Waals surface area (Å²) in [6, 6.07) is 1.26. The Morgan fingerprint density at radius 2 is 1.67 bits per heavy atom. The Labute approximate surface area is 160 Å². The van der Waals surface area contributed by atoms with Gasteiger partial charge in [-0.1, -0.05) is 11.6 Å². The zero-order chi connectivity index (χ0) is 20.2. The highest BCUT2D eigenvalue weighted by Gasteiger charge is 2.46. The van der Waals surface area contributed by atoms with Crippen molar-refractivity contribution in [3.05, 3.63) is 28.8 Å². The molecule has 2 aliphatic heterocycles. The van der Waals surface area contributed by atoms with Crippen molar-refractivity contribution in [1.29, 1.82) is 0 Å². The van der Waals surface area contributed by atoms with Gasteiger partial charge in [0.25, 0.3) is 0 Å². The van der Waals surface area contributed by atoms with Gasteiger partial charge >= 0.3 is 6.18 Å². The van der Waals surface area contributed by atoms with E-state index in [4.69, 9.17) is 11.6 Å². The first-order chi connectivity index (χ1) is 12.3. The summed E-state index contributed by atoms with van der Waals surface area (Å²) in [6.07, 6.45) is -1.83. The van der Waals surface area contributed by atoms with Gasteiger partial charge in [-0.25, -0.2) is 21.6 Å². The van der Waals surface area contributed by atoms with Crippen LogP contribution in [0, 0.1) is 0 Å². The van der Waals surface area contributed by atoms with Crippen molar-refractivity contribution in [2.24, 2.45) is 0 Å². The number of rotatable bonds is 4. The molecule has 2 atom stereocenters. The zero-order valence-corrected chi connectivity index (χ0v) is 16.6. The van der Waals surface area contributed by atoms with Gasteiger partial charge in [-0.3, -0.25) is 0 Å². The van der Waals surface area contributed by atoms with Gasteiger partial charge < -0.3 is 0 Å². The normalized spacial score (nSPS) is 27.1. The molecule has 2 bridgehead atoms. The highest BCUT2D eigenvalue weighted by Crippen LogP contribution is 2.39. The van der Waals surface area contributed by atoms with E-state index in [1.54, 1.807) is 0 Å². The van der Waals surface area contributed by atoms with E-state index < -0.39 is 47.7 Å². The van der Waals surface area contributed by atoms with Crippen molar-refractivity contribution in [2.45, 2.75) is 54.9 Å². The summed E-state index contributed by atoms with van der Waals surface area (Å²) in [7, 11) is -7.60. The van der Waals surface area contributed by atoms with Crippen molar-refractivity contribution in [3.8, 4) is 0 Å². The van der Waals surface area contributed by atoms with Crippen molar-refractivity contribution >= 4 is 31.6 Å². The van der Waals surface area contributed by atoms with Crippen LogP contribution in [0.1, 0.15) is 31.2 Å². The van der Waals surface area contributed by atoms with Crippen molar-refractivity contribution < 1.29 is 30.0 Å². The molecule has 2 aliphatic rings. The molecule has 0 spiro atoms. The van der Waals surface area contributed by atoms with Gasteiger partial charge in [0.1, 0.15) is 0 Å². The summed E-state index contributed by atoms with van der Waals surface area (Å²) < 4.78 is 91.7. The van der Waals surface area contributed by atoms with Gasteiger partial charge in [0, 0.05) is 18.1 Å². The minimum atomic E-state index is -4.78. The van der Waals surface area contributed by atoms with E-state index in [1.165, 1.54) is 4.31 Å². The number of sulfonamides is 2. The fourth-order valence-electron chi connectivity index (χ4n) is 3.95. The zero-order valence-electron chi connectivity index (χ0n) is 14.2. The van der Waals surface area contributed by atoms with E-state index in [1.807, 2.05) is 0 Å². The van der Waals surface area contributed by atoms with Crippen LogP contribution in [0.15, 0.2) is 23.1 Å². The van der Waals surface area contributed by atoms with Crippen LogP contribution >= 0.6 is 11.6 Å². The molecule has 1 aromatic carbocycles. The second-order valence-electron chi connectivity index (χ2n) is 6.91. The number of fused-ring (bicyclic) bond motifs is 2. The summed E-state index contributed by atoms with van der Waals surface area (Å²) in [5.41, 5.74) is -1.22. The Morgan fingerprint density at radius 1 is 1.11 bits per heavy atom. The van der Waals surface area contributed by atoms with Crippen LogP contribution in [0.25, 0.3) is 0 Å². The molecule has 6 nitrogen and oxygen atoms in total. The molecule has 27 heavy (non-hydrogen) atoms. The van der Waals surface area contributed by atoms with Crippen LogP contribution in [0.2, 0.25) is 5.02 Å². The second kappa shape index (κ2) is 6.87. The third-order valence-corrected chi connectivity index (χ3v) is 8.13. The summed E-state index contributed by atoms with van der Waals surface area (Å²) in [5.74, 6) is 0. The average molecular weight is 447 g/mol. The Morgan fingerprint density at radius 3 is 2.15 bits per heavy atom. The molecule has 0 radical (unpaired) electrons. The van der Waals surface area contributed by atoms with Gasteiger partial charge in [0.05, 0.1) is 21.7 Å². The van der Waals surface area contributed by atoms with Crippen LogP contribution in [0.3, 0.4) is 0 Å². The molecular formula is C15H18ClF3N2O4S2. The summed E-state index contributed by atoms with van der Waals surface area (Å²) in [5, 5.41) is -0.582. The predicted molar refractivity (Wildman–Crippen MR) is 93.3 cm³/mol. The largest absolute Gasteiger partial charge is 0.417 e. The molecular weight excluding hydrogens is 429 g/mol. The molecule has 1 N–H and O–H groups in total. The lowest BCUT2D eigenvalue weighted by Crippen LogP contribution is -2.52. The smallest absolute Gasteiger partial charge is 0.212 e. The minimum Gasteiger partial charge on any atom is -0.212 e. The van der Waals surface area contributed by atoms with Crippen LogP contribution in [-0.2, 0) is 26.2 Å². The van der Waals surface area contributed by atoms with E-state index in [9.17, 15) is 30.0 Å². The summed E-state index contributed by atoms with van der Waals surface area (Å²) in [4.78, 5) is -0.530. The molecule has 0 amide bonds. The number of nitrogens with zero attached hydrogens (tertiary/aromatic N) is 1. The summed E-state index contributed by atoms with van der Waals surface area (Å²) in [6.45, 7) is 0. The van der Waals surface area contributed by atoms with Gasteiger partial charge in [0.2, 0.25) is 20.0 Å². The van der Waals surface area contributed by atoms with E-state index in [2.05, 4.69) is 4.72 Å². The molecule has 2 heterocycles. The van der Waals surface area contributed by atoms with Crippen LogP contribution in [0.5, 0.6) is 0 Å². The molecule has 2 saturated heterocycles. The number of piperidine rings is 1. The Hall–Kier alpha value is -0.880. The standard InChI is InChI=1S/C15H18ClF3N2O4S2/c1-26(22,23)21-10-2-3-11(21)7-9(6-10)20-27(24,25)12-4-5-14(16)13(8-12)15(17,18)19/h4-5,8-11,20H,2-3,6-7H2,1H3. The molecule has 152 valence electrons. The predicted octanol–water partition coefficient (Wildman–Crippen LogP) is 2.59. The maximum absolute atomic E-state index is 13.0. The van der Waals surface area contributed by atoms with Gasteiger partial charge in [-0.15, -0.1) is 0 Å². The third-order valence-electron chi connectivity index (χ3n) is 4.92. The van der Waals surface area contributed by atoms with Crippen LogP contribution < -0.4 is 4.72 Å². The maximum atomic E-state index is 13.0. The Balaban J connectivity index is 1.81. The number of halogens is 4. The van der Waals surface area contributed by atoms with Crippen LogP contribution in [0.4, 0.5) is 13.2 Å². The lowest BCUT2D eigenvalue weighted by Gasteiger charge is -2.37. The van der Waals surface area contributed by atoms with E-state index in [-0.39, 0.29) is 24.9 Å². The molecule has 0 aliphatic carbocycles. The minimum absolute atomic E-state index is 0.280. The monoisotopic (exact) mass is 446 g/mol. The first kappa shape index (κ1) is 20.8. The highest BCUT2D eigenvalue weighted by atomic mass is 35.5. The fraction of sp³-hybridized carbons (Fsp3) is 0.600. The molecule has 0 aromatic heterocycles. The first-order valence-corrected chi connectivity index (χ1v) is 11.9. The van der Waals surface area contributed by atoms with Crippen molar-refractivity contribution in [1.82, 2.24) is 9.03 Å². The highest BCUT2D eigenvalue weighted by molar-refractivity contribution is 7.89. The molecule has 12 heteroatoms. The molecule has 2 fully saturated rings. The van der Waals surface area contributed by atoms with Crippen LogP contribution in [-0.4, -0.2) is 45.5 Å². The number of hydrogen-bond donors (Lipinski definition) is 1. The molecule has 3 rings (SSSR count). The van der Waals surface area contributed by atoms with Gasteiger partial charge in [0.15, 0.2) is 0 Å². The number of nitrogens with one attached hydrogen (secondary N) is 1. The lowest BCUT2D eigenvalue weighted by atomic mass is 10.0. The van der Waals surface area contributed by atoms with Crippen molar-refractivity contribution in [2.75, 3.05) is 6.26 Å². The second-order valence-corrected chi connectivity index (χ2v) is 10.9. The van der Waals surface area contributed by atoms with E-state index in [0.717, 1.165) is 18.4 Å². The van der Waals surface area contributed by atoms with Gasteiger partial charge in [-0.2, -0.15) is 17.5 Å². The first-order valence-electron chi connectivity index (χ1n) is 8.16. The van der Waals surface area contributed by atoms with E-state index >= 15 is 0 Å². The SMILES string of the molecule is CS(=O)(=O)N1C2CCC1CC(NS(=O)(=O)c1ccc(Cl)c(C(F)(F)F)c1)C2. The maximum Gasteiger partial charge on any atom is 0.417 e. The summed E-state index contributed by atoms with van der Waals surface area (Å²) >= 11 is 5.53. The molecule has 0 saturated carbocycles. The lowest BCUT2D eigenvalue weighted by molar-refractivity contribution is -0.137. The number of alkyl halides is 3. The third kappa shape index (κ3) is 4.26. The number of hydrogen-bond acceptors (Lipinski definition) is 4. The van der Waals surface area contributed by atoms with E-state index in [0.29, 0.717) is 18.9 Å². The quantitative estimate of drug-likeness (QED) is 0.770. The van der Waals surface area contributed by atoms with Crippen molar-refractivity contribution in [3.63, 3.8) is 0 Å². The number of benzene rings is 1. The topological polar surface area (TPSA) is 83.6 Å². The fourth-order valence-corrected chi connectivity index (χ4v) is 6.93. The average Bonchev–Trinajstić information content (AvgIpc) is 2.78. The van der Waals surface area contributed by atoms with Gasteiger partial charge in [-0.05, 0) is 43.9 Å². The Bertz CT molecular complexity index is 936. The molecule has 2 unspecified atom stereocenters. The Kier molecular flexibility index (Phi) is 5.30.